The number of carbonyl (C=O) groups is 1. The van der Waals surface area contributed by atoms with E-state index in [0.29, 0.717) is 24.5 Å². The van der Waals surface area contributed by atoms with Crippen molar-refractivity contribution in [1.82, 2.24) is 15.3 Å². The summed E-state index contributed by atoms with van der Waals surface area (Å²) in [5.74, 6) is 1.07. The van der Waals surface area contributed by atoms with Gasteiger partial charge in [-0.15, -0.1) is 0 Å². The Labute approximate surface area is 158 Å². The fraction of sp³-hybridized carbons (Fsp3) is 0.421. The Morgan fingerprint density at radius 2 is 2.19 bits per heavy atom. The fourth-order valence-corrected chi connectivity index (χ4v) is 3.14. The fourth-order valence-electron chi connectivity index (χ4n) is 3.14. The summed E-state index contributed by atoms with van der Waals surface area (Å²) in [6.45, 7) is 1.70. The Balaban J connectivity index is 1.73. The van der Waals surface area contributed by atoms with Gasteiger partial charge in [0, 0.05) is 37.5 Å². The molecule has 144 valence electrons. The molecule has 3 heterocycles. The van der Waals surface area contributed by atoms with Gasteiger partial charge < -0.3 is 24.8 Å². The first kappa shape index (κ1) is 18.9. The molecule has 2 aromatic rings. The summed E-state index contributed by atoms with van der Waals surface area (Å²) in [4.78, 5) is 23.2. The SMILES string of the molecule is COc1ccc(C(=O)NCc2cccnc2N2CCC[C@@H](O)C2)c(OC)n1. The summed E-state index contributed by atoms with van der Waals surface area (Å²) in [5, 5.41) is 12.8. The second-order valence-corrected chi connectivity index (χ2v) is 6.32. The molecule has 0 spiro atoms. The quantitative estimate of drug-likeness (QED) is 0.791. The van der Waals surface area contributed by atoms with Crippen molar-refractivity contribution in [3.8, 4) is 11.8 Å². The predicted molar refractivity (Wildman–Crippen MR) is 100 cm³/mol. The Morgan fingerprint density at radius 3 is 2.93 bits per heavy atom. The number of hydrogen-bond acceptors (Lipinski definition) is 7. The minimum absolute atomic E-state index is 0.206. The third-order valence-corrected chi connectivity index (χ3v) is 4.48. The van der Waals surface area contributed by atoms with E-state index in [9.17, 15) is 9.90 Å². The number of methoxy groups -OCH3 is 2. The molecule has 2 N–H and O–H groups in total. The minimum Gasteiger partial charge on any atom is -0.481 e. The van der Waals surface area contributed by atoms with Gasteiger partial charge in [0.2, 0.25) is 11.8 Å². The summed E-state index contributed by atoms with van der Waals surface area (Å²) >= 11 is 0. The van der Waals surface area contributed by atoms with Crippen LogP contribution in [-0.4, -0.2) is 54.4 Å². The van der Waals surface area contributed by atoms with E-state index in [4.69, 9.17) is 9.47 Å². The maximum Gasteiger partial charge on any atom is 0.257 e. The number of aliphatic hydroxyl groups excluding tert-OH is 1. The molecule has 0 aliphatic carbocycles. The van der Waals surface area contributed by atoms with Gasteiger partial charge >= 0.3 is 0 Å². The largest absolute Gasteiger partial charge is 0.481 e. The van der Waals surface area contributed by atoms with E-state index in [0.717, 1.165) is 30.8 Å². The maximum atomic E-state index is 12.6. The maximum absolute atomic E-state index is 12.6. The molecule has 8 heteroatoms. The summed E-state index contributed by atoms with van der Waals surface area (Å²) in [6.07, 6.45) is 3.09. The van der Waals surface area contributed by atoms with E-state index in [-0.39, 0.29) is 17.9 Å². The summed E-state index contributed by atoms with van der Waals surface area (Å²) in [5.41, 5.74) is 1.22. The highest BCUT2D eigenvalue weighted by molar-refractivity contribution is 5.96. The molecular weight excluding hydrogens is 348 g/mol. The normalized spacial score (nSPS) is 16.7. The smallest absolute Gasteiger partial charge is 0.257 e. The number of aromatic nitrogens is 2. The monoisotopic (exact) mass is 372 g/mol. The first-order chi connectivity index (χ1) is 13.1. The standard InChI is InChI=1S/C19H24N4O4/c1-26-16-8-7-15(19(22-16)27-2)18(25)21-11-13-5-3-9-20-17(13)23-10-4-6-14(24)12-23/h3,5,7-9,14,24H,4,6,10-12H2,1-2H3,(H,21,25)/t14-/m1/s1. The van der Waals surface area contributed by atoms with Crippen LogP contribution in [0.1, 0.15) is 28.8 Å². The van der Waals surface area contributed by atoms with E-state index < -0.39 is 0 Å². The lowest BCUT2D eigenvalue weighted by Crippen LogP contribution is -2.39. The zero-order valence-corrected chi connectivity index (χ0v) is 15.5. The summed E-state index contributed by atoms with van der Waals surface area (Å²) in [6, 6.07) is 6.99. The number of carbonyl (C=O) groups excluding carboxylic acids is 1. The van der Waals surface area contributed by atoms with Crippen molar-refractivity contribution in [2.45, 2.75) is 25.5 Å². The lowest BCUT2D eigenvalue weighted by molar-refractivity contribution is 0.0947. The first-order valence-corrected chi connectivity index (χ1v) is 8.86. The van der Waals surface area contributed by atoms with Crippen molar-refractivity contribution in [2.24, 2.45) is 0 Å². The van der Waals surface area contributed by atoms with Crippen LogP contribution in [0.2, 0.25) is 0 Å². The Morgan fingerprint density at radius 1 is 1.33 bits per heavy atom. The van der Waals surface area contributed by atoms with Gasteiger partial charge in [-0.05, 0) is 25.0 Å². The van der Waals surface area contributed by atoms with Gasteiger partial charge in [0.25, 0.3) is 5.91 Å². The molecule has 1 saturated heterocycles. The molecule has 1 amide bonds. The molecule has 1 fully saturated rings. The zero-order chi connectivity index (χ0) is 19.2. The number of nitrogens with one attached hydrogen (secondary N) is 1. The molecular formula is C19H24N4O4. The number of nitrogens with zero attached hydrogens (tertiary/aromatic N) is 3. The van der Waals surface area contributed by atoms with E-state index in [1.807, 2.05) is 12.1 Å². The Kier molecular flexibility index (Phi) is 6.08. The van der Waals surface area contributed by atoms with Gasteiger partial charge in [0.1, 0.15) is 11.4 Å². The van der Waals surface area contributed by atoms with Gasteiger partial charge in [-0.25, -0.2) is 4.98 Å². The van der Waals surface area contributed by atoms with Crippen LogP contribution in [0.5, 0.6) is 11.8 Å². The minimum atomic E-state index is -0.349. The molecule has 0 bridgehead atoms. The predicted octanol–water partition coefficient (Wildman–Crippen LogP) is 1.38. The highest BCUT2D eigenvalue weighted by atomic mass is 16.5. The highest BCUT2D eigenvalue weighted by Crippen LogP contribution is 2.23. The molecule has 0 saturated carbocycles. The zero-order valence-electron chi connectivity index (χ0n) is 15.5. The van der Waals surface area contributed by atoms with E-state index in [1.165, 1.54) is 14.2 Å². The van der Waals surface area contributed by atoms with Crippen molar-refractivity contribution in [3.63, 3.8) is 0 Å². The van der Waals surface area contributed by atoms with Crippen LogP contribution < -0.4 is 19.7 Å². The van der Waals surface area contributed by atoms with Crippen LogP contribution in [0.15, 0.2) is 30.5 Å². The van der Waals surface area contributed by atoms with Crippen molar-refractivity contribution in [1.29, 1.82) is 0 Å². The molecule has 0 aromatic carbocycles. The summed E-state index contributed by atoms with van der Waals surface area (Å²) in [7, 11) is 2.96. The number of piperidine rings is 1. The van der Waals surface area contributed by atoms with Crippen molar-refractivity contribution in [2.75, 3.05) is 32.2 Å². The molecule has 0 radical (unpaired) electrons. The number of pyridine rings is 2. The Bertz CT molecular complexity index is 799. The van der Waals surface area contributed by atoms with Crippen LogP contribution in [-0.2, 0) is 6.54 Å². The van der Waals surface area contributed by atoms with Gasteiger partial charge in [-0.1, -0.05) is 6.07 Å². The molecule has 8 nitrogen and oxygen atoms in total. The first-order valence-electron chi connectivity index (χ1n) is 8.86. The number of amides is 1. The van der Waals surface area contributed by atoms with Crippen molar-refractivity contribution >= 4 is 11.7 Å². The molecule has 1 aliphatic heterocycles. The lowest BCUT2D eigenvalue weighted by Gasteiger charge is -2.32. The van der Waals surface area contributed by atoms with Gasteiger partial charge in [-0.2, -0.15) is 4.98 Å². The topological polar surface area (TPSA) is 96.8 Å². The molecule has 3 rings (SSSR count). The third-order valence-electron chi connectivity index (χ3n) is 4.48. The lowest BCUT2D eigenvalue weighted by atomic mass is 10.1. The highest BCUT2D eigenvalue weighted by Gasteiger charge is 2.21. The van der Waals surface area contributed by atoms with Crippen LogP contribution in [0, 0.1) is 0 Å². The summed E-state index contributed by atoms with van der Waals surface area (Å²) < 4.78 is 10.2. The second-order valence-electron chi connectivity index (χ2n) is 6.32. The third kappa shape index (κ3) is 4.46. The van der Waals surface area contributed by atoms with Crippen LogP contribution in [0.4, 0.5) is 5.82 Å². The van der Waals surface area contributed by atoms with E-state index in [2.05, 4.69) is 20.2 Å². The molecule has 1 aliphatic rings. The number of anilines is 1. The van der Waals surface area contributed by atoms with Crippen molar-refractivity contribution < 1.29 is 19.4 Å². The Hall–Kier alpha value is -2.87. The van der Waals surface area contributed by atoms with E-state index >= 15 is 0 Å². The molecule has 27 heavy (non-hydrogen) atoms. The van der Waals surface area contributed by atoms with Crippen molar-refractivity contribution in [3.05, 3.63) is 41.6 Å². The van der Waals surface area contributed by atoms with Gasteiger partial charge in [-0.3, -0.25) is 4.79 Å². The average Bonchev–Trinajstić information content (AvgIpc) is 2.71. The van der Waals surface area contributed by atoms with Crippen LogP contribution >= 0.6 is 0 Å². The van der Waals surface area contributed by atoms with Gasteiger partial charge in [0.15, 0.2) is 0 Å². The number of rotatable bonds is 6. The number of β-amino-alcohol motifs (C(OH)–C–C–N with tert-alkyl or cyclic N) is 1. The average molecular weight is 372 g/mol. The number of ether oxygens (including phenoxy) is 2. The molecule has 2 aromatic heterocycles. The molecule has 0 unspecified atom stereocenters. The van der Waals surface area contributed by atoms with Gasteiger partial charge in [0.05, 0.1) is 20.3 Å². The van der Waals surface area contributed by atoms with Crippen LogP contribution in [0.3, 0.4) is 0 Å². The number of aliphatic hydroxyl groups is 1. The van der Waals surface area contributed by atoms with E-state index in [1.54, 1.807) is 18.3 Å². The molecule has 1 atom stereocenters. The number of hydrogen-bond donors (Lipinski definition) is 2. The van der Waals surface area contributed by atoms with Crippen LogP contribution in [0.25, 0.3) is 0 Å². The second kappa shape index (κ2) is 8.68.